The molecule has 2 nitrogen and oxygen atoms in total. The first-order valence-corrected chi connectivity index (χ1v) is 18.2. The largest absolute Gasteiger partial charge is 0.326 e. The Labute approximate surface area is 313 Å². The Hall–Kier alpha value is -6.32. The first-order chi connectivity index (χ1) is 26.1. The molecule has 0 unspecified atom stereocenters. The van der Waals surface area contributed by atoms with Gasteiger partial charge in [0.25, 0.3) is 0 Å². The Bertz CT molecular complexity index is 2570. The van der Waals surface area contributed by atoms with E-state index in [0.29, 0.717) is 13.1 Å². The normalized spacial score (nSPS) is 10.7. The van der Waals surface area contributed by atoms with Gasteiger partial charge in [-0.05, 0) is 89.8 Å². The van der Waals surface area contributed by atoms with E-state index in [1.807, 2.05) is 60.7 Å². The second kappa shape index (κ2) is 16.8. The molecule has 0 atom stereocenters. The van der Waals surface area contributed by atoms with Crippen LogP contribution in [0, 0.1) is 6.92 Å². The first kappa shape index (κ1) is 35.1. The minimum absolute atomic E-state index is 0.588. The first-order valence-electron chi connectivity index (χ1n) is 18.2. The molecule has 9 rings (SSSR count). The van der Waals surface area contributed by atoms with Gasteiger partial charge in [0.15, 0.2) is 0 Å². The topological polar surface area (TPSA) is 52.0 Å². The number of hydrogen-bond donors (Lipinski definition) is 2. The van der Waals surface area contributed by atoms with Gasteiger partial charge in [-0.3, -0.25) is 0 Å². The van der Waals surface area contributed by atoms with Crippen LogP contribution in [0.1, 0.15) is 16.7 Å². The highest BCUT2D eigenvalue weighted by molar-refractivity contribution is 6.10. The second-order valence-corrected chi connectivity index (χ2v) is 13.2. The summed E-state index contributed by atoms with van der Waals surface area (Å²) in [6.45, 7) is 3.37. The Morgan fingerprint density at radius 3 is 1.60 bits per heavy atom. The third-order valence-corrected chi connectivity index (χ3v) is 9.73. The van der Waals surface area contributed by atoms with E-state index in [2.05, 4.69) is 146 Å². The quantitative estimate of drug-likeness (QED) is 0.177. The number of nitrogens with two attached hydrogens (primary N) is 2. The number of fused-ring (bicyclic) bond motifs is 4. The lowest BCUT2D eigenvalue weighted by Gasteiger charge is -2.15. The Balaban J connectivity index is 0.000000162. The molecular weight excluding hydrogens is 641 g/mol. The van der Waals surface area contributed by atoms with Crippen molar-refractivity contribution in [1.29, 1.82) is 0 Å². The molecule has 258 valence electrons. The predicted octanol–water partition coefficient (Wildman–Crippen LogP) is 12.7. The number of aryl methyl sites for hydroxylation is 1. The van der Waals surface area contributed by atoms with Crippen LogP contribution in [0.2, 0.25) is 0 Å². The van der Waals surface area contributed by atoms with E-state index in [0.717, 1.165) is 0 Å². The van der Waals surface area contributed by atoms with Gasteiger partial charge in [-0.15, -0.1) is 0 Å². The zero-order valence-electron chi connectivity index (χ0n) is 30.1. The molecule has 0 bridgehead atoms. The monoisotopic (exact) mass is 684 g/mol. The van der Waals surface area contributed by atoms with Crippen LogP contribution in [0.5, 0.6) is 0 Å². The molecular formula is C51H44N2. The number of benzene rings is 9. The summed E-state index contributed by atoms with van der Waals surface area (Å²) in [7, 11) is 0. The van der Waals surface area contributed by atoms with E-state index in [9.17, 15) is 0 Å². The molecule has 0 saturated carbocycles. The highest BCUT2D eigenvalue weighted by Crippen LogP contribution is 2.39. The molecule has 0 saturated heterocycles. The van der Waals surface area contributed by atoms with E-state index >= 15 is 0 Å². The van der Waals surface area contributed by atoms with Gasteiger partial charge in [0.1, 0.15) is 0 Å². The van der Waals surface area contributed by atoms with Crippen LogP contribution in [0.15, 0.2) is 200 Å². The van der Waals surface area contributed by atoms with Crippen molar-refractivity contribution in [2.24, 2.45) is 11.5 Å². The summed E-state index contributed by atoms with van der Waals surface area (Å²) in [5, 5.41) is 7.74. The van der Waals surface area contributed by atoms with Crippen molar-refractivity contribution in [3.8, 4) is 33.4 Å². The van der Waals surface area contributed by atoms with Crippen LogP contribution in [-0.4, -0.2) is 0 Å². The molecule has 0 amide bonds. The van der Waals surface area contributed by atoms with E-state index in [1.165, 1.54) is 82.4 Å². The highest BCUT2D eigenvalue weighted by atomic mass is 14.5. The molecule has 0 aliphatic heterocycles. The molecule has 9 aromatic rings. The van der Waals surface area contributed by atoms with E-state index < -0.39 is 0 Å². The lowest BCUT2D eigenvalue weighted by atomic mass is 9.88. The number of rotatable bonds is 5. The fraction of sp³-hybridized carbons (Fsp3) is 0.0588. The summed E-state index contributed by atoms with van der Waals surface area (Å²) >= 11 is 0. The average Bonchev–Trinajstić information content (AvgIpc) is 3.24. The van der Waals surface area contributed by atoms with Gasteiger partial charge >= 0.3 is 0 Å². The van der Waals surface area contributed by atoms with Gasteiger partial charge in [0, 0.05) is 13.1 Å². The van der Waals surface area contributed by atoms with Crippen LogP contribution >= 0.6 is 0 Å². The summed E-state index contributed by atoms with van der Waals surface area (Å²) in [6.07, 6.45) is 0. The fourth-order valence-corrected chi connectivity index (χ4v) is 6.94. The predicted molar refractivity (Wildman–Crippen MR) is 229 cm³/mol. The maximum atomic E-state index is 5.69. The minimum Gasteiger partial charge on any atom is -0.326 e. The second-order valence-electron chi connectivity index (χ2n) is 13.2. The lowest BCUT2D eigenvalue weighted by Crippen LogP contribution is -1.98. The Morgan fingerprint density at radius 1 is 0.358 bits per heavy atom. The molecule has 0 fully saturated rings. The third kappa shape index (κ3) is 8.11. The number of hydrogen-bond acceptors (Lipinski definition) is 2. The van der Waals surface area contributed by atoms with Gasteiger partial charge in [-0.2, -0.15) is 0 Å². The fourth-order valence-electron chi connectivity index (χ4n) is 6.94. The lowest BCUT2D eigenvalue weighted by molar-refractivity contribution is 1.07. The zero-order chi connectivity index (χ0) is 36.4. The maximum Gasteiger partial charge on any atom is 0.0184 e. The molecule has 53 heavy (non-hydrogen) atoms. The van der Waals surface area contributed by atoms with Gasteiger partial charge in [0.2, 0.25) is 0 Å². The molecule has 0 spiro atoms. The maximum absolute atomic E-state index is 5.69. The van der Waals surface area contributed by atoms with Crippen molar-refractivity contribution in [3.63, 3.8) is 0 Å². The van der Waals surface area contributed by atoms with Crippen molar-refractivity contribution in [3.05, 3.63) is 217 Å². The summed E-state index contributed by atoms with van der Waals surface area (Å²) in [5.41, 5.74) is 22.3. The van der Waals surface area contributed by atoms with E-state index in [1.54, 1.807) is 0 Å². The average molecular weight is 685 g/mol. The van der Waals surface area contributed by atoms with Crippen molar-refractivity contribution in [2.75, 3.05) is 0 Å². The summed E-state index contributed by atoms with van der Waals surface area (Å²) < 4.78 is 0. The molecule has 0 aromatic heterocycles. The molecule has 0 radical (unpaired) electrons. The van der Waals surface area contributed by atoms with Crippen molar-refractivity contribution < 1.29 is 0 Å². The SMILES string of the molecule is Cc1ccc(-c2c(-c3ccc4c(ccc5ccccc54)c3)ccc3ccccc23)cc1.NCc1ccccc1.NCc1ccccc1-c1ccccc1. The standard InChI is InChI=1S/C31H22.C13H13N.C7H9N/c1-21-10-12-24(13-11-21)31-29-9-5-3-7-23(29)16-19-30(31)26-17-18-28-25(20-26)15-14-22-6-2-4-8-27(22)28;14-10-12-8-4-5-9-13(12)11-6-2-1-3-7-11;8-6-7-4-2-1-3-5-7/h2-20H,1H3;1-9H,10,14H2;1-5H,6,8H2. The summed E-state index contributed by atoms with van der Waals surface area (Å²) in [4.78, 5) is 0. The highest BCUT2D eigenvalue weighted by Gasteiger charge is 2.13. The molecule has 0 aliphatic rings. The molecule has 0 heterocycles. The van der Waals surface area contributed by atoms with Crippen molar-refractivity contribution in [2.45, 2.75) is 20.0 Å². The van der Waals surface area contributed by atoms with E-state index in [-0.39, 0.29) is 0 Å². The molecule has 9 aromatic carbocycles. The summed E-state index contributed by atoms with van der Waals surface area (Å²) in [6, 6.07) is 70.6. The van der Waals surface area contributed by atoms with Gasteiger partial charge in [-0.25, -0.2) is 0 Å². The van der Waals surface area contributed by atoms with Gasteiger partial charge < -0.3 is 11.5 Å². The Kier molecular flexibility index (Phi) is 11.1. The van der Waals surface area contributed by atoms with Crippen molar-refractivity contribution in [1.82, 2.24) is 0 Å². The molecule has 0 aliphatic carbocycles. The van der Waals surface area contributed by atoms with Crippen molar-refractivity contribution >= 4 is 32.3 Å². The third-order valence-electron chi connectivity index (χ3n) is 9.73. The van der Waals surface area contributed by atoms with Crippen LogP contribution in [0.3, 0.4) is 0 Å². The van der Waals surface area contributed by atoms with Crippen LogP contribution < -0.4 is 11.5 Å². The zero-order valence-corrected chi connectivity index (χ0v) is 30.1. The Morgan fingerprint density at radius 2 is 0.906 bits per heavy atom. The van der Waals surface area contributed by atoms with Gasteiger partial charge in [0.05, 0.1) is 0 Å². The minimum atomic E-state index is 0.588. The summed E-state index contributed by atoms with van der Waals surface area (Å²) in [5.74, 6) is 0. The van der Waals surface area contributed by atoms with Gasteiger partial charge in [-0.1, -0.05) is 200 Å². The van der Waals surface area contributed by atoms with E-state index in [4.69, 9.17) is 11.5 Å². The molecule has 2 heteroatoms. The van der Waals surface area contributed by atoms with Crippen LogP contribution in [-0.2, 0) is 13.1 Å². The van der Waals surface area contributed by atoms with Crippen LogP contribution in [0.4, 0.5) is 0 Å². The smallest absolute Gasteiger partial charge is 0.0184 e. The van der Waals surface area contributed by atoms with Crippen LogP contribution in [0.25, 0.3) is 65.7 Å². The molecule has 4 N–H and O–H groups in total.